The van der Waals surface area contributed by atoms with Crippen LogP contribution in [0.4, 0.5) is 0 Å². The molecule has 0 aliphatic carbocycles. The first-order valence-corrected chi connectivity index (χ1v) is 11.1. The Balaban J connectivity index is 1.76. The molecule has 1 atom stereocenters. The zero-order valence-electron chi connectivity index (χ0n) is 17.7. The smallest absolute Gasteiger partial charge is 0.262 e. The van der Waals surface area contributed by atoms with Crippen molar-refractivity contribution in [2.75, 3.05) is 19.8 Å². The van der Waals surface area contributed by atoms with Crippen LogP contribution in [0.1, 0.15) is 30.9 Å². The van der Waals surface area contributed by atoms with Crippen molar-refractivity contribution in [2.45, 2.75) is 32.5 Å². The van der Waals surface area contributed by atoms with Gasteiger partial charge in [0, 0.05) is 18.2 Å². The molecule has 1 amide bonds. The average Bonchev–Trinajstić information content (AvgIpc) is 3.30. The first kappa shape index (κ1) is 23.9. The van der Waals surface area contributed by atoms with Crippen molar-refractivity contribution in [3.63, 3.8) is 0 Å². The molecule has 0 saturated carbocycles. The Morgan fingerprint density at radius 3 is 2.72 bits per heavy atom. The van der Waals surface area contributed by atoms with Gasteiger partial charge >= 0.3 is 0 Å². The minimum atomic E-state index is -0.458. The minimum Gasteiger partial charge on any atom is -0.490 e. The van der Waals surface area contributed by atoms with Crippen molar-refractivity contribution in [1.29, 1.82) is 5.26 Å². The van der Waals surface area contributed by atoms with E-state index in [1.807, 2.05) is 25.1 Å². The van der Waals surface area contributed by atoms with E-state index in [4.69, 9.17) is 37.4 Å². The third kappa shape index (κ3) is 6.64. The summed E-state index contributed by atoms with van der Waals surface area (Å²) < 4.78 is 17.1. The molecular formula is C24H24Cl2N2O4. The second-order valence-electron chi connectivity index (χ2n) is 7.19. The van der Waals surface area contributed by atoms with Gasteiger partial charge in [-0.05, 0) is 61.2 Å². The van der Waals surface area contributed by atoms with Crippen LogP contribution in [-0.4, -0.2) is 31.8 Å². The van der Waals surface area contributed by atoms with Crippen LogP contribution in [0.2, 0.25) is 10.0 Å². The molecule has 1 saturated heterocycles. The van der Waals surface area contributed by atoms with Crippen molar-refractivity contribution in [2.24, 2.45) is 0 Å². The standard InChI is InChI=1S/C24H24Cl2N2O4/c1-2-30-22-12-17(10-18(13-27)24(29)28-14-20-4-3-9-31-20)11-21(26)23(22)32-15-16-5-7-19(25)8-6-16/h5-8,10-12,20H,2-4,9,14-15H2,1H3,(H,28,29)/b18-10+/t20-/m0/s1. The van der Waals surface area contributed by atoms with Gasteiger partial charge in [-0.15, -0.1) is 0 Å². The zero-order valence-corrected chi connectivity index (χ0v) is 19.2. The van der Waals surface area contributed by atoms with Gasteiger partial charge in [0.25, 0.3) is 5.91 Å². The van der Waals surface area contributed by atoms with Gasteiger partial charge in [0.05, 0.1) is 17.7 Å². The number of halogens is 2. The summed E-state index contributed by atoms with van der Waals surface area (Å²) in [6.07, 6.45) is 3.35. The van der Waals surface area contributed by atoms with Crippen molar-refractivity contribution in [3.05, 3.63) is 63.1 Å². The molecule has 32 heavy (non-hydrogen) atoms. The number of amides is 1. The number of hydrogen-bond donors (Lipinski definition) is 1. The molecule has 1 N–H and O–H groups in total. The first-order chi connectivity index (χ1) is 15.5. The zero-order chi connectivity index (χ0) is 22.9. The van der Waals surface area contributed by atoms with Gasteiger partial charge in [0.15, 0.2) is 11.5 Å². The molecule has 168 valence electrons. The predicted octanol–water partition coefficient (Wildman–Crippen LogP) is 5.17. The lowest BCUT2D eigenvalue weighted by atomic mass is 10.1. The number of nitrogens with one attached hydrogen (secondary N) is 1. The fourth-order valence-corrected chi connectivity index (χ4v) is 3.63. The maximum Gasteiger partial charge on any atom is 0.262 e. The molecule has 8 heteroatoms. The van der Waals surface area contributed by atoms with Crippen LogP contribution in [0.3, 0.4) is 0 Å². The van der Waals surface area contributed by atoms with Gasteiger partial charge in [0.2, 0.25) is 0 Å². The number of nitriles is 1. The van der Waals surface area contributed by atoms with Crippen molar-refractivity contribution >= 4 is 35.2 Å². The van der Waals surface area contributed by atoms with Crippen LogP contribution < -0.4 is 14.8 Å². The van der Waals surface area contributed by atoms with E-state index in [1.165, 1.54) is 6.08 Å². The molecule has 6 nitrogen and oxygen atoms in total. The number of rotatable bonds is 9. The summed E-state index contributed by atoms with van der Waals surface area (Å²) in [5.74, 6) is 0.361. The second kappa shape index (κ2) is 11.8. The molecule has 0 unspecified atom stereocenters. The third-order valence-corrected chi connectivity index (χ3v) is 5.35. The molecule has 1 heterocycles. The topological polar surface area (TPSA) is 80.6 Å². The maximum absolute atomic E-state index is 12.4. The summed E-state index contributed by atoms with van der Waals surface area (Å²) in [6.45, 7) is 3.60. The van der Waals surface area contributed by atoms with Gasteiger partial charge in [-0.2, -0.15) is 5.26 Å². The van der Waals surface area contributed by atoms with E-state index in [0.717, 1.165) is 18.4 Å². The summed E-state index contributed by atoms with van der Waals surface area (Å²) in [4.78, 5) is 12.4. The molecule has 2 aromatic rings. The normalized spacial score (nSPS) is 15.8. The van der Waals surface area contributed by atoms with E-state index < -0.39 is 5.91 Å². The van der Waals surface area contributed by atoms with E-state index in [1.54, 1.807) is 24.3 Å². The third-order valence-electron chi connectivity index (χ3n) is 4.82. The van der Waals surface area contributed by atoms with Crippen LogP contribution in [0.15, 0.2) is 42.0 Å². The van der Waals surface area contributed by atoms with Gasteiger partial charge < -0.3 is 19.5 Å². The van der Waals surface area contributed by atoms with Crippen LogP contribution in [-0.2, 0) is 16.1 Å². The molecule has 1 aliphatic rings. The molecule has 0 spiro atoms. The largest absolute Gasteiger partial charge is 0.490 e. The molecule has 0 aromatic heterocycles. The summed E-state index contributed by atoms with van der Waals surface area (Å²) in [6, 6.07) is 12.6. The number of nitrogens with zero attached hydrogens (tertiary/aromatic N) is 1. The fourth-order valence-electron chi connectivity index (χ4n) is 3.23. The minimum absolute atomic E-state index is 0.00466. The van der Waals surface area contributed by atoms with Crippen molar-refractivity contribution in [1.82, 2.24) is 5.32 Å². The SMILES string of the molecule is CCOc1cc(/C=C(\C#N)C(=O)NC[C@@H]2CCCO2)cc(Cl)c1OCc1ccc(Cl)cc1. The van der Waals surface area contributed by atoms with Gasteiger partial charge in [-0.1, -0.05) is 35.3 Å². The number of hydrogen-bond acceptors (Lipinski definition) is 5. The van der Waals surface area contributed by atoms with E-state index in [9.17, 15) is 10.1 Å². The van der Waals surface area contributed by atoms with Gasteiger partial charge in [-0.25, -0.2) is 0 Å². The Labute approximate surface area is 197 Å². The predicted molar refractivity (Wildman–Crippen MR) is 124 cm³/mol. The maximum atomic E-state index is 12.4. The van der Waals surface area contributed by atoms with Crippen molar-refractivity contribution < 1.29 is 19.0 Å². The number of benzene rings is 2. The fraction of sp³-hybridized carbons (Fsp3) is 0.333. The molecule has 0 radical (unpaired) electrons. The van der Waals surface area contributed by atoms with E-state index in [0.29, 0.717) is 46.9 Å². The number of carbonyl (C=O) groups is 1. The highest BCUT2D eigenvalue weighted by Crippen LogP contribution is 2.38. The lowest BCUT2D eigenvalue weighted by molar-refractivity contribution is -0.117. The summed E-state index contributed by atoms with van der Waals surface area (Å²) in [5, 5.41) is 13.2. The molecule has 2 aromatic carbocycles. The summed E-state index contributed by atoms with van der Waals surface area (Å²) in [5.41, 5.74) is 1.45. The average molecular weight is 475 g/mol. The molecule has 1 fully saturated rings. The Hall–Kier alpha value is -2.72. The van der Waals surface area contributed by atoms with Gasteiger partial charge in [0.1, 0.15) is 18.2 Å². The molecule has 0 bridgehead atoms. The van der Waals surface area contributed by atoms with E-state index in [2.05, 4.69) is 5.32 Å². The molecule has 1 aliphatic heterocycles. The molecule has 3 rings (SSSR count). The molecular weight excluding hydrogens is 451 g/mol. The monoisotopic (exact) mass is 474 g/mol. The first-order valence-electron chi connectivity index (χ1n) is 10.3. The Morgan fingerprint density at radius 1 is 1.28 bits per heavy atom. The number of carbonyl (C=O) groups excluding carboxylic acids is 1. The van der Waals surface area contributed by atoms with Crippen molar-refractivity contribution in [3.8, 4) is 17.6 Å². The lowest BCUT2D eigenvalue weighted by Crippen LogP contribution is -2.32. The summed E-state index contributed by atoms with van der Waals surface area (Å²) in [7, 11) is 0. The Bertz CT molecular complexity index is 1010. The Morgan fingerprint density at radius 2 is 2.06 bits per heavy atom. The van der Waals surface area contributed by atoms with Crippen LogP contribution in [0.5, 0.6) is 11.5 Å². The lowest BCUT2D eigenvalue weighted by Gasteiger charge is -2.15. The highest BCUT2D eigenvalue weighted by Gasteiger charge is 2.18. The second-order valence-corrected chi connectivity index (χ2v) is 8.04. The quantitative estimate of drug-likeness (QED) is 0.400. The van der Waals surface area contributed by atoms with Crippen LogP contribution in [0, 0.1) is 11.3 Å². The summed E-state index contributed by atoms with van der Waals surface area (Å²) >= 11 is 12.4. The highest BCUT2D eigenvalue weighted by molar-refractivity contribution is 6.32. The Kier molecular flexibility index (Phi) is 8.81. The van der Waals surface area contributed by atoms with E-state index in [-0.39, 0.29) is 18.3 Å². The van der Waals surface area contributed by atoms with E-state index >= 15 is 0 Å². The number of ether oxygens (including phenoxy) is 3. The highest BCUT2D eigenvalue weighted by atomic mass is 35.5. The van der Waals surface area contributed by atoms with Gasteiger partial charge in [-0.3, -0.25) is 4.79 Å². The van der Waals surface area contributed by atoms with Crippen LogP contribution in [0.25, 0.3) is 6.08 Å². The van der Waals surface area contributed by atoms with Crippen LogP contribution >= 0.6 is 23.2 Å².